The number of carboxylic acid groups (broad SMARTS) is 1. The Hall–Kier alpha value is -1.10. The van der Waals surface area contributed by atoms with Crippen LogP contribution in [0.2, 0.25) is 47.8 Å². The maximum atomic E-state index is 13.8. The fourth-order valence-corrected chi connectivity index (χ4v) is 18.9. The molecule has 0 aliphatic rings. The van der Waals surface area contributed by atoms with Gasteiger partial charge in [-0.15, -0.1) is 0 Å². The Kier molecular flexibility index (Phi) is 22.3. The molecule has 0 amide bonds. The van der Waals surface area contributed by atoms with Crippen molar-refractivity contribution in [2.75, 3.05) is 27.9 Å². The first-order valence-corrected chi connectivity index (χ1v) is 29.0. The van der Waals surface area contributed by atoms with Crippen molar-refractivity contribution in [3.63, 3.8) is 0 Å². The minimum Gasteiger partial charge on any atom is -0.497 e. The van der Waals surface area contributed by atoms with Crippen LogP contribution in [-0.2, 0) is 38.9 Å². The van der Waals surface area contributed by atoms with Crippen molar-refractivity contribution >= 4 is 31.6 Å². The third-order valence-corrected chi connectivity index (χ3v) is 24.0. The van der Waals surface area contributed by atoms with E-state index in [1.54, 1.807) is 14.2 Å². The van der Waals surface area contributed by atoms with Crippen LogP contribution in [0.4, 0.5) is 0 Å². The molecule has 0 aliphatic carbocycles. The summed E-state index contributed by atoms with van der Waals surface area (Å²) >= 11 is 0. The van der Waals surface area contributed by atoms with E-state index >= 15 is 0 Å². The van der Waals surface area contributed by atoms with Gasteiger partial charge in [-0.1, -0.05) is 109 Å². The van der Waals surface area contributed by atoms with Gasteiger partial charge < -0.3 is 37.3 Å². The summed E-state index contributed by atoms with van der Waals surface area (Å²) in [4.78, 5) is 13.8. The van der Waals surface area contributed by atoms with Gasteiger partial charge in [0.25, 0.3) is 5.79 Å². The molecule has 7 atom stereocenters. The van der Waals surface area contributed by atoms with E-state index in [0.717, 1.165) is 35.9 Å². The van der Waals surface area contributed by atoms with E-state index < -0.39 is 43.5 Å². The molecule has 1 N–H and O–H groups in total. The predicted molar refractivity (Wildman–Crippen MR) is 239 cm³/mol. The first kappa shape index (κ1) is 52.9. The van der Waals surface area contributed by atoms with Crippen LogP contribution in [0.1, 0.15) is 115 Å². The summed E-state index contributed by atoms with van der Waals surface area (Å²) in [5, 5.41) is 11.3. The average molecular weight is 843 g/mol. The Bertz CT molecular complexity index is 1220. The van der Waals surface area contributed by atoms with Gasteiger partial charge in [0.1, 0.15) is 11.9 Å². The number of benzene rings is 1. The van der Waals surface area contributed by atoms with Gasteiger partial charge >= 0.3 is 5.97 Å². The van der Waals surface area contributed by atoms with Crippen LogP contribution in [-0.4, -0.2) is 88.8 Å². The third-order valence-electron chi connectivity index (χ3n) is 12.5. The smallest absolute Gasteiger partial charge is 0.366 e. The molecule has 0 aromatic heterocycles. The Morgan fingerprint density at radius 3 is 1.64 bits per heavy atom. The third kappa shape index (κ3) is 13.7. The number of aliphatic carboxylic acids is 1. The molecule has 0 spiro atoms. The van der Waals surface area contributed by atoms with Crippen molar-refractivity contribution in [3.05, 3.63) is 29.8 Å². The standard InChI is InChI=1S/C44H86O9Si3/c1-20-55(21-2,22-3)52-41(44(42(45)46,53-54(18)19)50-30-36-23-25-37(47-15)26-24-36)35(11)28-39(49-17)40(43(12,13)14)38(48-16)27-34(10)29-51-56(31(4)5,32(6)7)33(8)9/h23-26,31-35,38-41,54H,20-22,27-30H2,1-19H3,(H,45,46)/t34-,35-,38+,39+,40-,41-,44+/m1/s1. The molecule has 0 unspecified atom stereocenters. The van der Waals surface area contributed by atoms with Gasteiger partial charge in [0.05, 0.1) is 25.9 Å². The van der Waals surface area contributed by atoms with Crippen LogP contribution in [0.3, 0.4) is 0 Å². The lowest BCUT2D eigenvalue weighted by Crippen LogP contribution is -2.62. The molecule has 328 valence electrons. The second-order valence-corrected chi connectivity index (χ2v) is 31.2. The molecule has 0 heterocycles. The number of carboxylic acids is 1. The molecule has 1 rings (SSSR count). The summed E-state index contributed by atoms with van der Waals surface area (Å²) in [5.74, 6) is -2.53. The molecule has 0 bridgehead atoms. The second kappa shape index (κ2) is 23.6. The van der Waals surface area contributed by atoms with E-state index in [1.165, 1.54) is 0 Å². The molecular weight excluding hydrogens is 757 g/mol. The highest BCUT2D eigenvalue weighted by atomic mass is 28.4. The number of rotatable bonds is 28. The van der Waals surface area contributed by atoms with Crippen LogP contribution in [0.15, 0.2) is 24.3 Å². The fraction of sp³-hybridized carbons (Fsp3) is 0.841. The van der Waals surface area contributed by atoms with Crippen molar-refractivity contribution in [3.8, 4) is 5.75 Å². The van der Waals surface area contributed by atoms with Crippen LogP contribution >= 0.6 is 0 Å². The van der Waals surface area contributed by atoms with E-state index in [4.69, 9.17) is 32.2 Å². The number of hydrogen-bond donors (Lipinski definition) is 1. The monoisotopic (exact) mass is 843 g/mol. The van der Waals surface area contributed by atoms with E-state index in [2.05, 4.69) is 96.9 Å². The summed E-state index contributed by atoms with van der Waals surface area (Å²) in [6.07, 6.45) is 0.0735. The Morgan fingerprint density at radius 2 is 1.27 bits per heavy atom. The quantitative estimate of drug-likeness (QED) is 0.0652. The van der Waals surface area contributed by atoms with Crippen molar-refractivity contribution in [1.29, 1.82) is 0 Å². The molecule has 9 nitrogen and oxygen atoms in total. The summed E-state index contributed by atoms with van der Waals surface area (Å²) in [5.41, 5.74) is 2.16. The van der Waals surface area contributed by atoms with Gasteiger partial charge in [0.2, 0.25) is 0 Å². The molecule has 0 saturated heterocycles. The molecule has 0 saturated carbocycles. The fourth-order valence-electron chi connectivity index (χ4n) is 9.39. The molecule has 1 aromatic rings. The Labute approximate surface area is 347 Å². The van der Waals surface area contributed by atoms with Crippen molar-refractivity contribution in [2.24, 2.45) is 23.2 Å². The van der Waals surface area contributed by atoms with E-state index in [1.807, 2.05) is 44.5 Å². The normalized spacial score (nSPS) is 17.6. The molecule has 12 heteroatoms. The molecule has 0 aliphatic heterocycles. The lowest BCUT2D eigenvalue weighted by molar-refractivity contribution is -0.258. The minimum absolute atomic E-state index is 0.0179. The van der Waals surface area contributed by atoms with Gasteiger partial charge in [-0.25, -0.2) is 4.79 Å². The number of methoxy groups -OCH3 is 3. The highest BCUT2D eigenvalue weighted by Crippen LogP contribution is 2.44. The summed E-state index contributed by atoms with van der Waals surface area (Å²) < 4.78 is 45.8. The average Bonchev–Trinajstić information content (AvgIpc) is 3.12. The van der Waals surface area contributed by atoms with Gasteiger partial charge in [-0.2, -0.15) is 0 Å². The highest BCUT2D eigenvalue weighted by molar-refractivity contribution is 6.77. The number of hydrogen-bond acceptors (Lipinski definition) is 8. The molecular formula is C44H86O9Si3. The zero-order chi connectivity index (χ0) is 43.2. The van der Waals surface area contributed by atoms with Gasteiger partial charge in [-0.3, -0.25) is 0 Å². The van der Waals surface area contributed by atoms with Gasteiger partial charge in [-0.05, 0) is 95.6 Å². The summed E-state index contributed by atoms with van der Waals surface area (Å²) in [6, 6.07) is 10.1. The number of ether oxygens (including phenoxy) is 4. The molecule has 1 aromatic carbocycles. The molecule has 0 radical (unpaired) electrons. The Morgan fingerprint density at radius 1 is 0.786 bits per heavy atom. The van der Waals surface area contributed by atoms with Crippen molar-refractivity contribution < 1.29 is 42.1 Å². The van der Waals surface area contributed by atoms with Crippen LogP contribution in [0, 0.1) is 23.2 Å². The van der Waals surface area contributed by atoms with Crippen molar-refractivity contribution in [1.82, 2.24) is 0 Å². The van der Waals surface area contributed by atoms with Gasteiger partial charge in [0, 0.05) is 26.7 Å². The highest BCUT2D eigenvalue weighted by Gasteiger charge is 2.56. The largest absolute Gasteiger partial charge is 0.497 e. The summed E-state index contributed by atoms with van der Waals surface area (Å²) in [7, 11) is -1.23. The SMILES string of the molecule is CC[Si](CC)(CC)O[C@H]([C@H](C)C[C@H](OC)[C@@H]([C@H](C[C@@H](C)CO[Si](C(C)C)(C(C)C)C(C)C)OC)C(C)(C)C)[C@](OCc1ccc(OC)cc1)(O[SiH](C)C)C(=O)O. The Balaban J connectivity index is 3.75. The first-order valence-electron chi connectivity index (χ1n) is 21.6. The zero-order valence-electron chi connectivity index (χ0n) is 39.2. The molecule has 56 heavy (non-hydrogen) atoms. The lowest BCUT2D eigenvalue weighted by atomic mass is 9.70. The zero-order valence-corrected chi connectivity index (χ0v) is 42.4. The minimum atomic E-state index is -2.40. The maximum absolute atomic E-state index is 13.8. The van der Waals surface area contributed by atoms with Crippen LogP contribution in [0.25, 0.3) is 0 Å². The topological polar surface area (TPSA) is 102 Å². The van der Waals surface area contributed by atoms with Gasteiger partial charge in [0.15, 0.2) is 25.7 Å². The predicted octanol–water partition coefficient (Wildman–Crippen LogP) is 11.3. The van der Waals surface area contributed by atoms with E-state index in [0.29, 0.717) is 29.7 Å². The van der Waals surface area contributed by atoms with E-state index in [9.17, 15) is 9.90 Å². The van der Waals surface area contributed by atoms with E-state index in [-0.39, 0.29) is 42.0 Å². The summed E-state index contributed by atoms with van der Waals surface area (Å²) in [6.45, 7) is 36.3. The first-order chi connectivity index (χ1) is 26.0. The lowest BCUT2D eigenvalue weighted by Gasteiger charge is -2.47. The second-order valence-electron chi connectivity index (χ2n) is 18.7. The van der Waals surface area contributed by atoms with Crippen LogP contribution in [0.5, 0.6) is 5.75 Å². The maximum Gasteiger partial charge on any atom is 0.366 e. The van der Waals surface area contributed by atoms with Crippen LogP contribution < -0.4 is 4.74 Å². The molecule has 0 fully saturated rings. The number of carbonyl (C=O) groups is 1. The van der Waals surface area contributed by atoms with Crippen molar-refractivity contribution in [2.45, 2.75) is 188 Å².